The van der Waals surface area contributed by atoms with Crippen LogP contribution in [0.15, 0.2) is 59.4 Å². The van der Waals surface area contributed by atoms with E-state index in [-0.39, 0.29) is 17.9 Å². The highest BCUT2D eigenvalue weighted by atomic mass is 16.6. The summed E-state index contributed by atoms with van der Waals surface area (Å²) in [5.74, 6) is 0.0116. The van der Waals surface area contributed by atoms with E-state index in [9.17, 15) is 14.4 Å². The summed E-state index contributed by atoms with van der Waals surface area (Å²) >= 11 is 0. The Balaban J connectivity index is 2.07. The fourth-order valence-corrected chi connectivity index (χ4v) is 3.74. The molecule has 1 aromatic heterocycles. The molecular formula is C29H35N3O5. The maximum absolute atomic E-state index is 13.9. The van der Waals surface area contributed by atoms with Gasteiger partial charge in [0.2, 0.25) is 0 Å². The number of nitrogens with zero attached hydrogens (tertiary/aromatic N) is 2. The molecular weight excluding hydrogens is 470 g/mol. The molecule has 0 bridgehead atoms. The summed E-state index contributed by atoms with van der Waals surface area (Å²) < 4.78 is 12.2. The number of para-hydroxylation sites is 1. The van der Waals surface area contributed by atoms with Crippen LogP contribution in [-0.4, -0.2) is 32.8 Å². The van der Waals surface area contributed by atoms with Gasteiger partial charge >= 0.3 is 12.1 Å². The average Bonchev–Trinajstić information content (AvgIpc) is 2.77. The number of hydrogen-bond acceptors (Lipinski definition) is 6. The number of nitrogens with one attached hydrogen (secondary N) is 1. The summed E-state index contributed by atoms with van der Waals surface area (Å²) in [4.78, 5) is 43.3. The molecule has 0 aliphatic rings. The molecule has 1 amide bonds. The Hall–Kier alpha value is -3.94. The Morgan fingerprint density at radius 1 is 0.973 bits per heavy atom. The molecule has 0 spiro atoms. The van der Waals surface area contributed by atoms with Gasteiger partial charge in [-0.3, -0.25) is 14.2 Å². The van der Waals surface area contributed by atoms with Crippen molar-refractivity contribution in [2.24, 2.45) is 0 Å². The first-order valence-corrected chi connectivity index (χ1v) is 12.2. The molecule has 1 heterocycles. The average molecular weight is 506 g/mol. The molecule has 1 N–H and O–H groups in total. The van der Waals surface area contributed by atoms with Crippen molar-refractivity contribution in [3.63, 3.8) is 0 Å². The first-order chi connectivity index (χ1) is 17.2. The number of esters is 1. The van der Waals surface area contributed by atoms with Crippen LogP contribution in [0.5, 0.6) is 0 Å². The minimum atomic E-state index is -0.666. The predicted molar refractivity (Wildman–Crippen MR) is 145 cm³/mol. The molecule has 0 aliphatic carbocycles. The van der Waals surface area contributed by atoms with Gasteiger partial charge in [0, 0.05) is 0 Å². The number of aromatic nitrogens is 2. The smallest absolute Gasteiger partial charge is 0.408 e. The van der Waals surface area contributed by atoms with Crippen LogP contribution >= 0.6 is 0 Å². The Labute approximate surface area is 217 Å². The van der Waals surface area contributed by atoms with Crippen molar-refractivity contribution in [1.82, 2.24) is 14.9 Å². The van der Waals surface area contributed by atoms with Gasteiger partial charge in [-0.25, -0.2) is 9.78 Å². The quantitative estimate of drug-likeness (QED) is 0.431. The van der Waals surface area contributed by atoms with Gasteiger partial charge in [0.25, 0.3) is 5.56 Å². The lowest BCUT2D eigenvalue weighted by molar-refractivity contribution is -0.153. The number of fused-ring (bicyclic) bond motifs is 1. The molecule has 0 saturated heterocycles. The first kappa shape index (κ1) is 27.6. The summed E-state index contributed by atoms with van der Waals surface area (Å²) in [5.41, 5.74) is 0.189. The molecule has 0 aliphatic heterocycles. The van der Waals surface area contributed by atoms with Crippen LogP contribution in [0, 0.1) is 0 Å². The van der Waals surface area contributed by atoms with Gasteiger partial charge < -0.3 is 14.8 Å². The lowest BCUT2D eigenvalue weighted by Gasteiger charge is -2.23. The SMILES string of the molecule is CC(NC(=O)OC(C)(C)C)c1nc2cccc(/C=C/CC(=O)OC(C)(C)C)c2c(=O)n1-c1ccccc1. The van der Waals surface area contributed by atoms with Crippen molar-refractivity contribution in [1.29, 1.82) is 0 Å². The number of rotatable bonds is 6. The molecule has 8 heteroatoms. The number of hydrogen-bond donors (Lipinski definition) is 1. The summed E-state index contributed by atoms with van der Waals surface area (Å²) in [6.07, 6.45) is 2.87. The van der Waals surface area contributed by atoms with Crippen LogP contribution in [0.25, 0.3) is 22.7 Å². The van der Waals surface area contributed by atoms with Crippen molar-refractivity contribution >= 4 is 29.0 Å². The second-order valence-corrected chi connectivity index (χ2v) is 10.7. The Morgan fingerprint density at radius 2 is 1.62 bits per heavy atom. The second kappa shape index (κ2) is 11.0. The summed E-state index contributed by atoms with van der Waals surface area (Å²) in [5, 5.41) is 3.19. The fraction of sp³-hybridized carbons (Fsp3) is 0.379. The normalized spacial score (nSPS) is 12.9. The van der Waals surface area contributed by atoms with Crippen LogP contribution in [0.2, 0.25) is 0 Å². The molecule has 1 unspecified atom stereocenters. The Kier molecular flexibility index (Phi) is 8.21. The number of carbonyl (C=O) groups is 2. The highest BCUT2D eigenvalue weighted by Gasteiger charge is 2.23. The lowest BCUT2D eigenvalue weighted by Crippen LogP contribution is -2.37. The van der Waals surface area contributed by atoms with Gasteiger partial charge in [-0.15, -0.1) is 0 Å². The van der Waals surface area contributed by atoms with Crippen molar-refractivity contribution in [2.75, 3.05) is 0 Å². The zero-order valence-corrected chi connectivity index (χ0v) is 22.5. The third kappa shape index (κ3) is 7.52. The van der Waals surface area contributed by atoms with E-state index in [0.717, 1.165) is 0 Å². The Bertz CT molecular complexity index is 1360. The van der Waals surface area contributed by atoms with Crippen LogP contribution < -0.4 is 10.9 Å². The third-order valence-electron chi connectivity index (χ3n) is 5.09. The number of ether oxygens (including phenoxy) is 2. The van der Waals surface area contributed by atoms with E-state index in [1.807, 2.05) is 39.0 Å². The summed E-state index contributed by atoms with van der Waals surface area (Å²) in [7, 11) is 0. The van der Waals surface area contributed by atoms with E-state index in [4.69, 9.17) is 14.5 Å². The van der Waals surface area contributed by atoms with E-state index < -0.39 is 23.3 Å². The third-order valence-corrected chi connectivity index (χ3v) is 5.09. The maximum atomic E-state index is 13.9. The van der Waals surface area contributed by atoms with Crippen LogP contribution in [0.3, 0.4) is 0 Å². The van der Waals surface area contributed by atoms with E-state index >= 15 is 0 Å². The van der Waals surface area contributed by atoms with Crippen molar-refractivity contribution in [3.8, 4) is 5.69 Å². The largest absolute Gasteiger partial charge is 0.460 e. The van der Waals surface area contributed by atoms with E-state index in [0.29, 0.717) is 28.0 Å². The van der Waals surface area contributed by atoms with Crippen molar-refractivity contribution in [2.45, 2.75) is 72.1 Å². The number of carbonyl (C=O) groups excluding carboxylic acids is 2. The fourth-order valence-electron chi connectivity index (χ4n) is 3.74. The topological polar surface area (TPSA) is 99.5 Å². The molecule has 3 aromatic rings. The van der Waals surface area contributed by atoms with Gasteiger partial charge in [-0.2, -0.15) is 0 Å². The van der Waals surface area contributed by atoms with Gasteiger partial charge in [0.15, 0.2) is 0 Å². The van der Waals surface area contributed by atoms with Crippen LogP contribution in [0.4, 0.5) is 4.79 Å². The number of alkyl carbamates (subject to hydrolysis) is 1. The minimum Gasteiger partial charge on any atom is -0.460 e. The standard InChI is InChI=1S/C29H35N3O5/c1-19(30-27(35)37-29(5,6)7)25-31-22-17-11-13-20(14-12-18-23(33)36-28(2,3)4)24(22)26(34)32(25)21-15-9-8-10-16-21/h8-17,19H,18H2,1-7H3,(H,30,35)/b14-12+. The van der Waals surface area contributed by atoms with Crippen LogP contribution in [-0.2, 0) is 14.3 Å². The molecule has 8 nitrogen and oxygen atoms in total. The molecule has 0 fully saturated rings. The van der Waals surface area contributed by atoms with Crippen LogP contribution in [0.1, 0.15) is 72.3 Å². The number of benzene rings is 2. The van der Waals surface area contributed by atoms with Gasteiger partial charge in [-0.05, 0) is 72.2 Å². The Morgan fingerprint density at radius 3 is 2.24 bits per heavy atom. The predicted octanol–water partition coefficient (Wildman–Crippen LogP) is 5.72. The molecule has 196 valence electrons. The second-order valence-electron chi connectivity index (χ2n) is 10.7. The monoisotopic (exact) mass is 505 g/mol. The lowest BCUT2D eigenvalue weighted by atomic mass is 10.1. The molecule has 37 heavy (non-hydrogen) atoms. The minimum absolute atomic E-state index is 0.0723. The van der Waals surface area contributed by atoms with E-state index in [1.54, 1.807) is 70.2 Å². The molecule has 2 aromatic carbocycles. The van der Waals surface area contributed by atoms with E-state index in [1.165, 1.54) is 4.57 Å². The number of amides is 1. The first-order valence-electron chi connectivity index (χ1n) is 12.2. The highest BCUT2D eigenvalue weighted by Crippen LogP contribution is 2.22. The van der Waals surface area contributed by atoms with Crippen molar-refractivity contribution < 1.29 is 19.1 Å². The van der Waals surface area contributed by atoms with Gasteiger partial charge in [0.1, 0.15) is 17.0 Å². The molecule has 1 atom stereocenters. The summed E-state index contributed by atoms with van der Waals surface area (Å²) in [6, 6.07) is 13.8. The van der Waals surface area contributed by atoms with Gasteiger partial charge in [0.05, 0.1) is 29.1 Å². The van der Waals surface area contributed by atoms with Gasteiger partial charge in [-0.1, -0.05) is 42.5 Å². The summed E-state index contributed by atoms with van der Waals surface area (Å²) in [6.45, 7) is 12.5. The molecule has 0 saturated carbocycles. The highest BCUT2D eigenvalue weighted by molar-refractivity contribution is 5.88. The zero-order chi connectivity index (χ0) is 27.4. The molecule has 0 radical (unpaired) electrons. The van der Waals surface area contributed by atoms with Crippen molar-refractivity contribution in [3.05, 3.63) is 76.3 Å². The zero-order valence-electron chi connectivity index (χ0n) is 22.5. The molecule has 3 rings (SSSR count). The maximum Gasteiger partial charge on any atom is 0.408 e. The van der Waals surface area contributed by atoms with E-state index in [2.05, 4.69) is 5.32 Å².